The zero-order valence-electron chi connectivity index (χ0n) is 16.7. The predicted octanol–water partition coefficient (Wildman–Crippen LogP) is 5.69. The van der Waals surface area contributed by atoms with Crippen molar-refractivity contribution >= 4 is 10.9 Å². The van der Waals surface area contributed by atoms with Gasteiger partial charge < -0.3 is 19.8 Å². The first kappa shape index (κ1) is 19.1. The van der Waals surface area contributed by atoms with E-state index >= 15 is 0 Å². The van der Waals surface area contributed by atoms with Crippen LogP contribution < -0.4 is 14.8 Å². The Bertz CT molecular complexity index is 1060. The van der Waals surface area contributed by atoms with E-state index in [1.165, 1.54) is 16.5 Å². The van der Waals surface area contributed by atoms with Gasteiger partial charge in [0.1, 0.15) is 17.2 Å². The number of aromatic amines is 1. The van der Waals surface area contributed by atoms with Crippen molar-refractivity contribution in [2.75, 3.05) is 13.2 Å². The smallest absolute Gasteiger partial charge is 0.127 e. The van der Waals surface area contributed by atoms with Crippen molar-refractivity contribution < 1.29 is 9.47 Å². The highest BCUT2D eigenvalue weighted by atomic mass is 16.5. The van der Waals surface area contributed by atoms with Crippen LogP contribution in [0.3, 0.4) is 0 Å². The molecule has 4 nitrogen and oxygen atoms in total. The molecule has 29 heavy (non-hydrogen) atoms. The molecule has 0 saturated heterocycles. The molecule has 0 aliphatic heterocycles. The molecule has 0 unspecified atom stereocenters. The lowest BCUT2D eigenvalue weighted by molar-refractivity contribution is 0.340. The lowest BCUT2D eigenvalue weighted by Gasteiger charge is -2.09. The Balaban J connectivity index is 1.32. The molecule has 0 radical (unpaired) electrons. The fourth-order valence-electron chi connectivity index (χ4n) is 3.42. The molecule has 0 aliphatic carbocycles. The van der Waals surface area contributed by atoms with Crippen LogP contribution in [0.4, 0.5) is 0 Å². The van der Waals surface area contributed by atoms with Crippen molar-refractivity contribution in [2.45, 2.75) is 19.9 Å². The summed E-state index contributed by atoms with van der Waals surface area (Å²) in [5, 5.41) is 4.77. The molecule has 1 heterocycles. The van der Waals surface area contributed by atoms with E-state index in [0.29, 0.717) is 6.61 Å². The lowest BCUT2D eigenvalue weighted by Crippen LogP contribution is -2.16. The van der Waals surface area contributed by atoms with Gasteiger partial charge in [0, 0.05) is 23.6 Å². The Morgan fingerprint density at radius 1 is 0.862 bits per heavy atom. The second-order valence-electron chi connectivity index (χ2n) is 6.94. The first-order valence-corrected chi connectivity index (χ1v) is 10.1. The summed E-state index contributed by atoms with van der Waals surface area (Å²) in [6.45, 7) is 4.39. The maximum absolute atomic E-state index is 5.92. The number of aromatic nitrogens is 1. The number of fused-ring (bicyclic) bond motifs is 1. The van der Waals surface area contributed by atoms with Crippen LogP contribution in [0.1, 0.15) is 18.1 Å². The van der Waals surface area contributed by atoms with E-state index in [2.05, 4.69) is 40.8 Å². The van der Waals surface area contributed by atoms with E-state index in [-0.39, 0.29) is 0 Å². The third-order valence-electron chi connectivity index (χ3n) is 4.83. The van der Waals surface area contributed by atoms with Crippen LogP contribution in [0.2, 0.25) is 0 Å². The molecule has 148 valence electrons. The van der Waals surface area contributed by atoms with E-state index in [0.717, 1.165) is 42.3 Å². The number of rotatable bonds is 9. The summed E-state index contributed by atoms with van der Waals surface area (Å²) in [6.07, 6.45) is 3.05. The molecule has 4 aromatic rings. The number of nitrogens with one attached hydrogen (secondary N) is 2. The zero-order valence-corrected chi connectivity index (χ0v) is 16.7. The maximum Gasteiger partial charge on any atom is 0.127 e. The topological polar surface area (TPSA) is 46.3 Å². The van der Waals surface area contributed by atoms with Gasteiger partial charge in [-0.05, 0) is 73.5 Å². The molecule has 0 aliphatic rings. The fourth-order valence-corrected chi connectivity index (χ4v) is 3.42. The molecular weight excluding hydrogens is 360 g/mol. The van der Waals surface area contributed by atoms with Gasteiger partial charge in [-0.25, -0.2) is 0 Å². The van der Waals surface area contributed by atoms with Gasteiger partial charge in [-0.1, -0.05) is 30.3 Å². The summed E-state index contributed by atoms with van der Waals surface area (Å²) in [5.74, 6) is 2.63. The van der Waals surface area contributed by atoms with Crippen molar-refractivity contribution in [2.24, 2.45) is 0 Å². The number of hydrogen-bond acceptors (Lipinski definition) is 3. The van der Waals surface area contributed by atoms with Crippen LogP contribution in [0.5, 0.6) is 17.2 Å². The van der Waals surface area contributed by atoms with Gasteiger partial charge in [0.05, 0.1) is 6.61 Å². The molecule has 1 aromatic heterocycles. The van der Waals surface area contributed by atoms with E-state index < -0.39 is 0 Å². The molecule has 2 N–H and O–H groups in total. The van der Waals surface area contributed by atoms with Crippen LogP contribution in [-0.2, 0) is 13.0 Å². The van der Waals surface area contributed by atoms with Crippen molar-refractivity contribution in [1.82, 2.24) is 10.3 Å². The van der Waals surface area contributed by atoms with Gasteiger partial charge in [0.15, 0.2) is 0 Å². The molecule has 3 aromatic carbocycles. The summed E-state index contributed by atoms with van der Waals surface area (Å²) >= 11 is 0. The van der Waals surface area contributed by atoms with Gasteiger partial charge in [0.25, 0.3) is 0 Å². The minimum atomic E-state index is 0.680. The number of para-hydroxylation sites is 1. The Morgan fingerprint density at radius 3 is 2.59 bits per heavy atom. The van der Waals surface area contributed by atoms with E-state index in [9.17, 15) is 0 Å². The molecular formula is C25H26N2O2. The third kappa shape index (κ3) is 4.98. The quantitative estimate of drug-likeness (QED) is 0.363. The Kier molecular flexibility index (Phi) is 6.13. The lowest BCUT2D eigenvalue weighted by atomic mass is 10.1. The first-order valence-electron chi connectivity index (χ1n) is 10.1. The summed E-state index contributed by atoms with van der Waals surface area (Å²) in [4.78, 5) is 3.35. The number of H-pyrrole nitrogens is 1. The summed E-state index contributed by atoms with van der Waals surface area (Å²) in [5.41, 5.74) is 3.65. The normalized spacial score (nSPS) is 10.9. The van der Waals surface area contributed by atoms with Crippen LogP contribution in [0.15, 0.2) is 79.0 Å². The van der Waals surface area contributed by atoms with Crippen LogP contribution in [0.25, 0.3) is 10.9 Å². The van der Waals surface area contributed by atoms with Crippen LogP contribution in [-0.4, -0.2) is 18.1 Å². The minimum absolute atomic E-state index is 0.680. The average Bonchev–Trinajstić information content (AvgIpc) is 3.15. The second kappa shape index (κ2) is 9.30. The van der Waals surface area contributed by atoms with E-state index in [1.807, 2.05) is 55.5 Å². The Labute approximate surface area is 171 Å². The monoisotopic (exact) mass is 386 g/mol. The van der Waals surface area contributed by atoms with E-state index in [1.54, 1.807) is 0 Å². The van der Waals surface area contributed by atoms with E-state index in [4.69, 9.17) is 9.47 Å². The SMILES string of the molecule is CCOc1ccc2[nH]cc(CCNCc3cccc(Oc4ccccc4)c3)c2c1. The summed E-state index contributed by atoms with van der Waals surface area (Å²) in [7, 11) is 0. The molecule has 4 heteroatoms. The maximum atomic E-state index is 5.92. The molecule has 0 saturated carbocycles. The highest BCUT2D eigenvalue weighted by Crippen LogP contribution is 2.24. The van der Waals surface area contributed by atoms with Gasteiger partial charge in [-0.2, -0.15) is 0 Å². The number of hydrogen-bond donors (Lipinski definition) is 2. The Hall–Kier alpha value is -3.24. The minimum Gasteiger partial charge on any atom is -0.494 e. The van der Waals surface area contributed by atoms with Gasteiger partial charge in [-0.15, -0.1) is 0 Å². The molecule has 4 rings (SSSR count). The second-order valence-corrected chi connectivity index (χ2v) is 6.94. The molecule has 0 atom stereocenters. The molecule has 0 spiro atoms. The van der Waals surface area contributed by atoms with Crippen molar-refractivity contribution in [1.29, 1.82) is 0 Å². The molecule has 0 amide bonds. The highest BCUT2D eigenvalue weighted by Gasteiger charge is 2.05. The largest absolute Gasteiger partial charge is 0.494 e. The van der Waals surface area contributed by atoms with Gasteiger partial charge in [0.2, 0.25) is 0 Å². The van der Waals surface area contributed by atoms with Crippen LogP contribution in [0, 0.1) is 0 Å². The average molecular weight is 386 g/mol. The van der Waals surface area contributed by atoms with Crippen molar-refractivity contribution in [3.8, 4) is 17.2 Å². The first-order chi connectivity index (χ1) is 14.3. The number of benzene rings is 3. The highest BCUT2D eigenvalue weighted by molar-refractivity contribution is 5.84. The summed E-state index contributed by atoms with van der Waals surface area (Å²) in [6, 6.07) is 24.3. The zero-order chi connectivity index (χ0) is 19.9. The summed E-state index contributed by atoms with van der Waals surface area (Å²) < 4.78 is 11.6. The van der Waals surface area contributed by atoms with Crippen molar-refractivity contribution in [3.05, 3.63) is 90.1 Å². The molecule has 0 fully saturated rings. The standard InChI is InChI=1S/C25H26N2O2/c1-2-28-22-11-12-25-24(16-22)20(18-27-25)13-14-26-17-19-7-6-10-23(15-19)29-21-8-4-3-5-9-21/h3-12,15-16,18,26-27H,2,13-14,17H2,1H3. The van der Waals surface area contributed by atoms with Gasteiger partial charge in [-0.3, -0.25) is 0 Å². The number of ether oxygens (including phenoxy) is 2. The van der Waals surface area contributed by atoms with Gasteiger partial charge >= 0.3 is 0 Å². The van der Waals surface area contributed by atoms with Crippen molar-refractivity contribution in [3.63, 3.8) is 0 Å². The third-order valence-corrected chi connectivity index (χ3v) is 4.83. The Morgan fingerprint density at radius 2 is 1.72 bits per heavy atom. The fraction of sp³-hybridized carbons (Fsp3) is 0.200. The van der Waals surface area contributed by atoms with Crippen LogP contribution >= 0.6 is 0 Å². The predicted molar refractivity (Wildman–Crippen MR) is 118 cm³/mol. The molecule has 0 bridgehead atoms.